The molecule has 0 bridgehead atoms. The van der Waals surface area contributed by atoms with Gasteiger partial charge in [-0.3, -0.25) is 4.79 Å². The number of nitrogen functional groups attached to an aromatic ring is 1. The smallest absolute Gasteiger partial charge is 0.267 e. The maximum atomic E-state index is 13.0. The minimum absolute atomic E-state index is 0.292. The molecule has 1 fully saturated rings. The molecule has 0 atom stereocenters. The number of benzene rings is 2. The summed E-state index contributed by atoms with van der Waals surface area (Å²) < 4.78 is 5.47. The van der Waals surface area contributed by atoms with E-state index < -0.39 is 0 Å². The third kappa shape index (κ3) is 4.00. The fraction of sp³-hybridized carbons (Fsp3) is 0.174. The topological polar surface area (TPSA) is 93.4 Å². The highest BCUT2D eigenvalue weighted by molar-refractivity contribution is 7.21. The van der Waals surface area contributed by atoms with Crippen LogP contribution in [0.25, 0.3) is 21.5 Å². The number of carbonyl (C=O) groups excluding carboxylic acids is 1. The Hall–Kier alpha value is -3.20. The minimum atomic E-state index is -0.292. The standard InChI is InChI=1S/C23H20ClN5O2S/c24-15-6-8-16(9-7-15)26-21(30)20-18(25)17-19(14-4-2-1-3-5-14)27-23(28-22(17)32-20)29-10-12-31-13-11-29/h1-9H,10-13,25H2,(H,26,30). The maximum absolute atomic E-state index is 13.0. The molecule has 2 aromatic carbocycles. The monoisotopic (exact) mass is 465 g/mol. The summed E-state index contributed by atoms with van der Waals surface area (Å²) in [5.41, 5.74) is 9.16. The van der Waals surface area contributed by atoms with Crippen LogP contribution in [0.5, 0.6) is 0 Å². The zero-order valence-corrected chi connectivity index (χ0v) is 18.6. The zero-order valence-electron chi connectivity index (χ0n) is 17.0. The highest BCUT2D eigenvalue weighted by atomic mass is 35.5. The summed E-state index contributed by atoms with van der Waals surface area (Å²) in [5.74, 6) is 0.324. The molecule has 1 amide bonds. The normalized spacial score (nSPS) is 14.0. The largest absolute Gasteiger partial charge is 0.397 e. The molecule has 1 aliphatic rings. The Morgan fingerprint density at radius 1 is 1.06 bits per heavy atom. The lowest BCUT2D eigenvalue weighted by Crippen LogP contribution is -2.37. The van der Waals surface area contributed by atoms with Crippen LogP contribution in [-0.4, -0.2) is 42.2 Å². The first-order chi connectivity index (χ1) is 15.6. The lowest BCUT2D eigenvalue weighted by molar-refractivity contribution is 0.103. The van der Waals surface area contributed by atoms with Gasteiger partial charge in [0.1, 0.15) is 9.71 Å². The van der Waals surface area contributed by atoms with Gasteiger partial charge in [0.05, 0.1) is 30.0 Å². The Morgan fingerprint density at radius 2 is 1.78 bits per heavy atom. The van der Waals surface area contributed by atoms with Crippen molar-refractivity contribution in [1.29, 1.82) is 0 Å². The van der Waals surface area contributed by atoms with Crippen molar-refractivity contribution in [2.45, 2.75) is 0 Å². The van der Waals surface area contributed by atoms with Crippen LogP contribution in [0.1, 0.15) is 9.67 Å². The SMILES string of the molecule is Nc1c(C(=O)Nc2ccc(Cl)cc2)sc2nc(N3CCOCC3)nc(-c3ccccc3)c12. The van der Waals surface area contributed by atoms with Gasteiger partial charge in [0.15, 0.2) is 0 Å². The number of nitrogens with zero attached hydrogens (tertiary/aromatic N) is 3. The maximum Gasteiger partial charge on any atom is 0.267 e. The average Bonchev–Trinajstić information content (AvgIpc) is 3.17. The molecule has 0 unspecified atom stereocenters. The number of nitrogens with one attached hydrogen (secondary N) is 1. The summed E-state index contributed by atoms with van der Waals surface area (Å²) >= 11 is 7.21. The Bertz CT molecular complexity index is 1270. The number of rotatable bonds is 4. The first-order valence-corrected chi connectivity index (χ1v) is 11.3. The highest BCUT2D eigenvalue weighted by Gasteiger charge is 2.24. The molecular weight excluding hydrogens is 446 g/mol. The summed E-state index contributed by atoms with van der Waals surface area (Å²) in [4.78, 5) is 25.8. The number of amides is 1. The number of anilines is 3. The van der Waals surface area contributed by atoms with Crippen LogP contribution >= 0.6 is 22.9 Å². The quantitative estimate of drug-likeness (QED) is 0.454. The average molecular weight is 466 g/mol. The second-order valence-corrected chi connectivity index (χ2v) is 8.76. The van der Waals surface area contributed by atoms with Crippen LogP contribution in [0.15, 0.2) is 54.6 Å². The lowest BCUT2D eigenvalue weighted by Gasteiger charge is -2.27. The van der Waals surface area contributed by atoms with Crippen molar-refractivity contribution in [1.82, 2.24) is 9.97 Å². The van der Waals surface area contributed by atoms with E-state index in [1.54, 1.807) is 24.3 Å². The Labute approximate surface area is 193 Å². The van der Waals surface area contributed by atoms with Gasteiger partial charge in [0.2, 0.25) is 5.95 Å². The number of aromatic nitrogens is 2. The van der Waals surface area contributed by atoms with Crippen LogP contribution in [0.4, 0.5) is 17.3 Å². The van der Waals surface area contributed by atoms with E-state index in [-0.39, 0.29) is 5.91 Å². The number of carbonyl (C=O) groups is 1. The van der Waals surface area contributed by atoms with Crippen molar-refractivity contribution in [3.8, 4) is 11.3 Å². The predicted octanol–water partition coefficient (Wildman–Crippen LogP) is 4.68. The van der Waals surface area contributed by atoms with E-state index in [0.717, 1.165) is 11.3 Å². The summed E-state index contributed by atoms with van der Waals surface area (Å²) in [6.45, 7) is 2.68. The summed E-state index contributed by atoms with van der Waals surface area (Å²) in [7, 11) is 0. The van der Waals surface area contributed by atoms with Gasteiger partial charge in [-0.15, -0.1) is 11.3 Å². The zero-order chi connectivity index (χ0) is 22.1. The molecule has 162 valence electrons. The molecule has 3 heterocycles. The van der Waals surface area contributed by atoms with Crippen LogP contribution < -0.4 is 16.0 Å². The van der Waals surface area contributed by atoms with Gasteiger partial charge in [0.25, 0.3) is 5.91 Å². The van der Waals surface area contributed by atoms with Crippen molar-refractivity contribution in [3.05, 3.63) is 64.5 Å². The Morgan fingerprint density at radius 3 is 2.50 bits per heavy atom. The van der Waals surface area contributed by atoms with Crippen molar-refractivity contribution < 1.29 is 9.53 Å². The van der Waals surface area contributed by atoms with Gasteiger partial charge >= 0.3 is 0 Å². The fourth-order valence-corrected chi connectivity index (χ4v) is 4.72. The van der Waals surface area contributed by atoms with E-state index in [2.05, 4.69) is 10.2 Å². The first kappa shape index (κ1) is 20.7. The van der Waals surface area contributed by atoms with Crippen LogP contribution in [0.2, 0.25) is 5.02 Å². The van der Waals surface area contributed by atoms with Gasteiger partial charge in [-0.1, -0.05) is 41.9 Å². The van der Waals surface area contributed by atoms with Gasteiger partial charge < -0.3 is 20.7 Å². The summed E-state index contributed by atoms with van der Waals surface area (Å²) in [6.07, 6.45) is 0. The Balaban J connectivity index is 1.60. The van der Waals surface area contributed by atoms with Crippen molar-refractivity contribution in [2.75, 3.05) is 42.3 Å². The fourth-order valence-electron chi connectivity index (χ4n) is 3.61. The molecule has 5 rings (SSSR count). The molecular formula is C23H20ClN5O2S. The van der Waals surface area contributed by atoms with Gasteiger partial charge in [-0.05, 0) is 24.3 Å². The van der Waals surface area contributed by atoms with Gasteiger partial charge in [0, 0.05) is 29.4 Å². The van der Waals surface area contributed by atoms with Crippen LogP contribution in [0.3, 0.4) is 0 Å². The third-order valence-electron chi connectivity index (χ3n) is 5.23. The molecule has 7 nitrogen and oxygen atoms in total. The van der Waals surface area contributed by atoms with E-state index in [1.807, 2.05) is 30.3 Å². The molecule has 32 heavy (non-hydrogen) atoms. The molecule has 1 saturated heterocycles. The van der Waals surface area contributed by atoms with E-state index >= 15 is 0 Å². The van der Waals surface area contributed by atoms with Crippen LogP contribution in [-0.2, 0) is 4.74 Å². The minimum Gasteiger partial charge on any atom is -0.397 e. The number of thiophene rings is 1. The van der Waals surface area contributed by atoms with E-state index in [4.69, 9.17) is 32.0 Å². The molecule has 0 radical (unpaired) electrons. The highest BCUT2D eigenvalue weighted by Crippen LogP contribution is 2.39. The van der Waals surface area contributed by atoms with Crippen molar-refractivity contribution >= 4 is 56.4 Å². The van der Waals surface area contributed by atoms with Crippen molar-refractivity contribution in [3.63, 3.8) is 0 Å². The molecule has 1 aliphatic heterocycles. The molecule has 4 aromatic rings. The van der Waals surface area contributed by atoms with E-state index in [0.29, 0.717) is 63.7 Å². The molecule has 0 spiro atoms. The second kappa shape index (κ2) is 8.74. The van der Waals surface area contributed by atoms with E-state index in [1.165, 1.54) is 11.3 Å². The van der Waals surface area contributed by atoms with Gasteiger partial charge in [-0.25, -0.2) is 9.97 Å². The molecule has 0 aliphatic carbocycles. The number of morpholine rings is 1. The van der Waals surface area contributed by atoms with E-state index in [9.17, 15) is 4.79 Å². The second-order valence-electron chi connectivity index (χ2n) is 7.32. The number of nitrogens with two attached hydrogens (primary N) is 1. The Kier molecular flexibility index (Phi) is 5.65. The molecule has 0 saturated carbocycles. The number of halogens is 1. The molecule has 9 heteroatoms. The molecule has 3 N–H and O–H groups in total. The predicted molar refractivity (Wildman–Crippen MR) is 130 cm³/mol. The summed E-state index contributed by atoms with van der Waals surface area (Å²) in [5, 5.41) is 4.18. The third-order valence-corrected chi connectivity index (χ3v) is 6.58. The molecule has 2 aromatic heterocycles. The number of fused-ring (bicyclic) bond motifs is 1. The number of hydrogen-bond donors (Lipinski definition) is 2. The lowest BCUT2D eigenvalue weighted by atomic mass is 10.1. The number of hydrogen-bond acceptors (Lipinski definition) is 7. The number of ether oxygens (including phenoxy) is 1. The first-order valence-electron chi connectivity index (χ1n) is 10.1. The summed E-state index contributed by atoms with van der Waals surface area (Å²) in [6, 6.07) is 16.8. The van der Waals surface area contributed by atoms with Gasteiger partial charge in [-0.2, -0.15) is 0 Å². The van der Waals surface area contributed by atoms with Crippen LogP contribution in [0, 0.1) is 0 Å². The van der Waals surface area contributed by atoms with Crippen molar-refractivity contribution in [2.24, 2.45) is 0 Å².